The minimum atomic E-state index is -3.68. The van der Waals surface area contributed by atoms with E-state index in [9.17, 15) is 8.42 Å². The van der Waals surface area contributed by atoms with Crippen LogP contribution < -0.4 is 9.46 Å². The van der Waals surface area contributed by atoms with Crippen LogP contribution >= 0.6 is 11.6 Å². The van der Waals surface area contributed by atoms with E-state index in [2.05, 4.69) is 9.82 Å². The normalized spacial score (nSPS) is 11.5. The molecule has 1 heterocycles. The first kappa shape index (κ1) is 18.4. The lowest BCUT2D eigenvalue weighted by Gasteiger charge is -2.08. The Morgan fingerprint density at radius 1 is 1.15 bits per heavy atom. The molecule has 0 aliphatic rings. The number of benzene rings is 2. The molecule has 0 amide bonds. The van der Waals surface area contributed by atoms with E-state index in [1.165, 1.54) is 25.3 Å². The molecule has 0 radical (unpaired) electrons. The van der Waals surface area contributed by atoms with Crippen LogP contribution in [0.4, 0.5) is 0 Å². The molecule has 1 aromatic heterocycles. The fourth-order valence-electron chi connectivity index (χ4n) is 2.43. The molecule has 8 heteroatoms. The van der Waals surface area contributed by atoms with Gasteiger partial charge >= 0.3 is 0 Å². The number of rotatable bonds is 7. The van der Waals surface area contributed by atoms with Crippen LogP contribution in [-0.4, -0.2) is 25.3 Å². The number of hydrogen-bond donors (Lipinski definition) is 1. The number of nitrogens with one attached hydrogen (secondary N) is 1. The molecule has 26 heavy (non-hydrogen) atoms. The molecule has 0 aliphatic carbocycles. The summed E-state index contributed by atoms with van der Waals surface area (Å²) >= 11 is 6.00. The molecule has 0 aliphatic heterocycles. The van der Waals surface area contributed by atoms with E-state index in [4.69, 9.17) is 16.3 Å². The number of hydrogen-bond acceptors (Lipinski definition) is 4. The van der Waals surface area contributed by atoms with Gasteiger partial charge in [-0.05, 0) is 23.8 Å². The molecule has 1 N–H and O–H groups in total. The van der Waals surface area contributed by atoms with Crippen molar-refractivity contribution in [3.05, 3.63) is 77.1 Å². The monoisotopic (exact) mass is 391 g/mol. The van der Waals surface area contributed by atoms with E-state index in [0.717, 1.165) is 11.1 Å². The smallest absolute Gasteiger partial charge is 0.240 e. The molecule has 0 fully saturated rings. The van der Waals surface area contributed by atoms with Gasteiger partial charge in [-0.1, -0.05) is 41.9 Å². The number of methoxy groups -OCH3 is 1. The van der Waals surface area contributed by atoms with Gasteiger partial charge in [-0.2, -0.15) is 5.10 Å². The lowest BCUT2D eigenvalue weighted by molar-refractivity contribution is 0.414. The zero-order valence-electron chi connectivity index (χ0n) is 14.1. The summed E-state index contributed by atoms with van der Waals surface area (Å²) in [6.07, 6.45) is 3.46. The van der Waals surface area contributed by atoms with Crippen LogP contribution in [0.3, 0.4) is 0 Å². The molecule has 6 nitrogen and oxygen atoms in total. The Bertz CT molecular complexity index is 988. The van der Waals surface area contributed by atoms with E-state index in [0.29, 0.717) is 12.3 Å². The number of sulfonamides is 1. The standard InChI is InChI=1S/C18H18ClN3O3S/c1-25-18-8-7-16(9-17(18)19)26(23,24)21-11-15-10-20-22(13-15)12-14-5-3-2-4-6-14/h2-10,13,21H,11-12H2,1H3. The quantitative estimate of drug-likeness (QED) is 0.671. The van der Waals surface area contributed by atoms with Crippen molar-refractivity contribution in [1.82, 2.24) is 14.5 Å². The minimum Gasteiger partial charge on any atom is -0.495 e. The predicted octanol–water partition coefficient (Wildman–Crippen LogP) is 3.07. The van der Waals surface area contributed by atoms with Crippen molar-refractivity contribution in [3.63, 3.8) is 0 Å². The van der Waals surface area contributed by atoms with Crippen molar-refractivity contribution in [2.75, 3.05) is 7.11 Å². The molecule has 3 rings (SSSR count). The van der Waals surface area contributed by atoms with Gasteiger partial charge in [-0.15, -0.1) is 0 Å². The first-order chi connectivity index (χ1) is 12.5. The first-order valence-electron chi connectivity index (χ1n) is 7.86. The first-order valence-corrected chi connectivity index (χ1v) is 9.72. The summed E-state index contributed by atoms with van der Waals surface area (Å²) < 4.78 is 34.2. The highest BCUT2D eigenvalue weighted by molar-refractivity contribution is 7.89. The Morgan fingerprint density at radius 2 is 1.92 bits per heavy atom. The van der Waals surface area contributed by atoms with Gasteiger partial charge < -0.3 is 4.74 Å². The number of ether oxygens (including phenoxy) is 1. The number of halogens is 1. The topological polar surface area (TPSA) is 73.2 Å². The fraction of sp³-hybridized carbons (Fsp3) is 0.167. The summed E-state index contributed by atoms with van der Waals surface area (Å²) in [5.41, 5.74) is 1.89. The lowest BCUT2D eigenvalue weighted by atomic mass is 10.2. The van der Waals surface area contributed by atoms with Crippen molar-refractivity contribution in [2.24, 2.45) is 0 Å². The Labute approximate surface area is 157 Å². The van der Waals surface area contributed by atoms with Gasteiger partial charge in [0.05, 0.1) is 29.8 Å². The third kappa shape index (κ3) is 4.43. The highest BCUT2D eigenvalue weighted by atomic mass is 35.5. The summed E-state index contributed by atoms with van der Waals surface area (Å²) in [5, 5.41) is 4.51. The molecular formula is C18H18ClN3O3S. The van der Waals surface area contributed by atoms with Gasteiger partial charge in [-0.3, -0.25) is 4.68 Å². The van der Waals surface area contributed by atoms with E-state index in [-0.39, 0.29) is 16.5 Å². The fourth-order valence-corrected chi connectivity index (χ4v) is 3.80. The van der Waals surface area contributed by atoms with Crippen molar-refractivity contribution < 1.29 is 13.2 Å². The molecular weight excluding hydrogens is 374 g/mol. The largest absolute Gasteiger partial charge is 0.495 e. The summed E-state index contributed by atoms with van der Waals surface area (Å²) in [6.45, 7) is 0.766. The molecule has 0 saturated heterocycles. The van der Waals surface area contributed by atoms with Gasteiger partial charge in [0.1, 0.15) is 5.75 Å². The van der Waals surface area contributed by atoms with Crippen LogP contribution in [0.15, 0.2) is 65.8 Å². The van der Waals surface area contributed by atoms with Crippen molar-refractivity contribution in [3.8, 4) is 5.75 Å². The average Bonchev–Trinajstić information content (AvgIpc) is 3.08. The van der Waals surface area contributed by atoms with Crippen LogP contribution in [-0.2, 0) is 23.1 Å². The minimum absolute atomic E-state index is 0.0833. The predicted molar refractivity (Wildman–Crippen MR) is 99.8 cm³/mol. The van der Waals surface area contributed by atoms with Crippen LogP contribution in [0.5, 0.6) is 5.75 Å². The molecule has 136 valence electrons. The van der Waals surface area contributed by atoms with Gasteiger partial charge in [0, 0.05) is 18.3 Å². The molecule has 0 saturated carbocycles. The Kier molecular flexibility index (Phi) is 5.61. The Morgan fingerprint density at radius 3 is 2.62 bits per heavy atom. The highest BCUT2D eigenvalue weighted by Crippen LogP contribution is 2.26. The third-order valence-corrected chi connectivity index (χ3v) is 5.47. The zero-order chi connectivity index (χ0) is 18.6. The van der Waals surface area contributed by atoms with Gasteiger partial charge in [-0.25, -0.2) is 13.1 Å². The molecule has 0 atom stereocenters. The average molecular weight is 392 g/mol. The molecule has 0 spiro atoms. The maximum atomic E-state index is 12.4. The second kappa shape index (κ2) is 7.90. The van der Waals surface area contributed by atoms with E-state index < -0.39 is 10.0 Å². The summed E-state index contributed by atoms with van der Waals surface area (Å²) in [6, 6.07) is 14.2. The van der Waals surface area contributed by atoms with E-state index in [1.807, 2.05) is 36.5 Å². The summed E-state index contributed by atoms with van der Waals surface area (Å²) in [4.78, 5) is 0.0833. The van der Waals surface area contributed by atoms with Crippen molar-refractivity contribution in [2.45, 2.75) is 18.0 Å². The van der Waals surface area contributed by atoms with E-state index in [1.54, 1.807) is 10.9 Å². The summed E-state index contributed by atoms with van der Waals surface area (Å²) in [7, 11) is -2.21. The van der Waals surface area contributed by atoms with Gasteiger partial charge in [0.2, 0.25) is 10.0 Å². The lowest BCUT2D eigenvalue weighted by Crippen LogP contribution is -2.23. The van der Waals surface area contributed by atoms with Crippen LogP contribution in [0.25, 0.3) is 0 Å². The Hall–Kier alpha value is -2.35. The molecule has 0 bridgehead atoms. The van der Waals surface area contributed by atoms with Crippen molar-refractivity contribution >= 4 is 21.6 Å². The van der Waals surface area contributed by atoms with Crippen LogP contribution in [0.1, 0.15) is 11.1 Å². The zero-order valence-corrected chi connectivity index (χ0v) is 15.7. The SMILES string of the molecule is COc1ccc(S(=O)(=O)NCc2cnn(Cc3ccccc3)c2)cc1Cl. The molecule has 2 aromatic carbocycles. The third-order valence-electron chi connectivity index (χ3n) is 3.77. The molecule has 3 aromatic rings. The Balaban J connectivity index is 1.66. The maximum Gasteiger partial charge on any atom is 0.240 e. The summed E-state index contributed by atoms with van der Waals surface area (Å²) in [5.74, 6) is 0.424. The maximum absolute atomic E-state index is 12.4. The van der Waals surface area contributed by atoms with Crippen LogP contribution in [0.2, 0.25) is 5.02 Å². The number of aromatic nitrogens is 2. The van der Waals surface area contributed by atoms with Gasteiger partial charge in [0.25, 0.3) is 0 Å². The van der Waals surface area contributed by atoms with Crippen molar-refractivity contribution in [1.29, 1.82) is 0 Å². The van der Waals surface area contributed by atoms with Crippen LogP contribution in [0, 0.1) is 0 Å². The molecule has 0 unspecified atom stereocenters. The van der Waals surface area contributed by atoms with E-state index >= 15 is 0 Å². The highest BCUT2D eigenvalue weighted by Gasteiger charge is 2.16. The number of nitrogens with zero attached hydrogens (tertiary/aromatic N) is 2. The van der Waals surface area contributed by atoms with Gasteiger partial charge in [0.15, 0.2) is 0 Å². The second-order valence-corrected chi connectivity index (χ2v) is 7.83. The second-order valence-electron chi connectivity index (χ2n) is 5.65.